The Morgan fingerprint density at radius 3 is 2.90 bits per heavy atom. The van der Waals surface area contributed by atoms with E-state index in [4.69, 9.17) is 14.0 Å². The lowest BCUT2D eigenvalue weighted by Gasteiger charge is -2.49. The van der Waals surface area contributed by atoms with Crippen molar-refractivity contribution in [1.29, 1.82) is 0 Å². The maximum Gasteiger partial charge on any atom is 0.352 e. The number of β-lactam (4-membered cyclic amide) rings is 1. The lowest BCUT2D eigenvalue weighted by molar-refractivity contribution is -0.150. The van der Waals surface area contributed by atoms with Crippen molar-refractivity contribution in [3.8, 4) is 0 Å². The molecule has 1 aromatic rings. The van der Waals surface area contributed by atoms with Gasteiger partial charge in [0.15, 0.2) is 5.76 Å². The minimum atomic E-state index is -1.17. The summed E-state index contributed by atoms with van der Waals surface area (Å²) in [7, 11) is 1.29. The number of rotatable bonds is 6. The molecule has 4 heterocycles. The molecule has 3 aliphatic heterocycles. The summed E-state index contributed by atoms with van der Waals surface area (Å²) in [6.45, 7) is 0.580. The van der Waals surface area contributed by atoms with Gasteiger partial charge in [0.2, 0.25) is 5.71 Å². The Morgan fingerprint density at radius 1 is 1.45 bits per heavy atom. The van der Waals surface area contributed by atoms with Gasteiger partial charge in [0.1, 0.15) is 24.2 Å². The summed E-state index contributed by atoms with van der Waals surface area (Å²) >= 11 is 1.40. The Labute approximate surface area is 169 Å². The first-order valence-electron chi connectivity index (χ1n) is 9.01. The van der Waals surface area contributed by atoms with E-state index >= 15 is 0 Å². The minimum absolute atomic E-state index is 0.0343. The Morgan fingerprint density at radius 2 is 2.28 bits per heavy atom. The fourth-order valence-corrected chi connectivity index (χ4v) is 5.06. The highest BCUT2D eigenvalue weighted by molar-refractivity contribution is 8.00. The normalized spacial score (nSPS) is 26.8. The fourth-order valence-electron chi connectivity index (χ4n) is 3.65. The number of hydrogen-bond acceptors (Lipinski definition) is 8. The van der Waals surface area contributed by atoms with Crippen LogP contribution in [0.5, 0.6) is 0 Å². The number of carboxylic acid groups (broad SMARTS) is 1. The molecule has 1 aromatic heterocycles. The first kappa shape index (κ1) is 19.5. The molecule has 4 rings (SSSR count). The van der Waals surface area contributed by atoms with Crippen molar-refractivity contribution in [3.63, 3.8) is 0 Å². The number of fused-ring (bicyclic) bond motifs is 1. The number of amides is 2. The molecule has 154 valence electrons. The molecule has 0 aliphatic carbocycles. The van der Waals surface area contributed by atoms with E-state index in [-0.39, 0.29) is 23.3 Å². The van der Waals surface area contributed by atoms with Crippen LogP contribution in [0.4, 0.5) is 0 Å². The lowest BCUT2D eigenvalue weighted by Crippen LogP contribution is -2.71. The van der Waals surface area contributed by atoms with Crippen LogP contribution in [-0.2, 0) is 24.0 Å². The highest BCUT2D eigenvalue weighted by Gasteiger charge is 2.55. The van der Waals surface area contributed by atoms with E-state index in [0.29, 0.717) is 17.9 Å². The molecular formula is C18H19N3O7S. The summed E-state index contributed by atoms with van der Waals surface area (Å²) in [5.41, 5.74) is 0.471. The molecule has 0 saturated carbocycles. The van der Waals surface area contributed by atoms with Gasteiger partial charge in [-0.15, -0.1) is 11.8 Å². The number of oxime groups is 1. The molecule has 0 unspecified atom stereocenters. The molecule has 2 amide bonds. The predicted molar refractivity (Wildman–Crippen MR) is 101 cm³/mol. The fraction of sp³-hybridized carbons (Fsp3) is 0.444. The van der Waals surface area contributed by atoms with Crippen LogP contribution in [0.1, 0.15) is 18.6 Å². The smallest absolute Gasteiger partial charge is 0.352 e. The van der Waals surface area contributed by atoms with Gasteiger partial charge in [0.05, 0.1) is 12.4 Å². The number of thioether (sulfide) groups is 1. The summed E-state index contributed by atoms with van der Waals surface area (Å²) in [4.78, 5) is 43.2. The number of carboxylic acids is 1. The van der Waals surface area contributed by atoms with Crippen LogP contribution < -0.4 is 5.32 Å². The van der Waals surface area contributed by atoms with Gasteiger partial charge in [0.25, 0.3) is 11.8 Å². The number of carbonyl (C=O) groups excluding carboxylic acids is 2. The van der Waals surface area contributed by atoms with Crippen molar-refractivity contribution in [3.05, 3.63) is 35.4 Å². The maximum absolute atomic E-state index is 12.7. The van der Waals surface area contributed by atoms with Gasteiger partial charge in [-0.05, 0) is 30.5 Å². The average Bonchev–Trinajstić information content (AvgIpc) is 3.42. The van der Waals surface area contributed by atoms with Crippen molar-refractivity contribution < 1.29 is 33.5 Å². The number of carbonyl (C=O) groups is 3. The second kappa shape index (κ2) is 7.91. The van der Waals surface area contributed by atoms with Gasteiger partial charge >= 0.3 is 5.97 Å². The van der Waals surface area contributed by atoms with Crippen LogP contribution in [0, 0.1) is 0 Å². The number of ether oxygens (including phenoxy) is 1. The van der Waals surface area contributed by atoms with Crippen LogP contribution in [0.15, 0.2) is 39.2 Å². The van der Waals surface area contributed by atoms with Gasteiger partial charge in [-0.3, -0.25) is 14.5 Å². The zero-order valence-corrected chi connectivity index (χ0v) is 16.3. The van der Waals surface area contributed by atoms with Crippen LogP contribution in [0.2, 0.25) is 0 Å². The van der Waals surface area contributed by atoms with Crippen LogP contribution in [0.25, 0.3) is 0 Å². The monoisotopic (exact) mass is 421 g/mol. The minimum Gasteiger partial charge on any atom is -0.477 e. The van der Waals surface area contributed by atoms with E-state index < -0.39 is 29.2 Å². The summed E-state index contributed by atoms with van der Waals surface area (Å²) in [5, 5.41) is 15.5. The number of furan rings is 1. The third kappa shape index (κ3) is 3.40. The number of hydrogen-bond donors (Lipinski definition) is 2. The molecule has 0 bridgehead atoms. The van der Waals surface area contributed by atoms with Gasteiger partial charge < -0.3 is 24.4 Å². The topological polar surface area (TPSA) is 131 Å². The molecule has 0 aromatic carbocycles. The maximum atomic E-state index is 12.7. The largest absolute Gasteiger partial charge is 0.477 e. The zero-order chi connectivity index (χ0) is 20.5. The molecule has 10 nitrogen and oxygen atoms in total. The second-order valence-electron chi connectivity index (χ2n) is 6.64. The Hall–Kier alpha value is -2.79. The quantitative estimate of drug-likeness (QED) is 0.387. The van der Waals surface area contributed by atoms with Gasteiger partial charge in [-0.25, -0.2) is 4.79 Å². The van der Waals surface area contributed by atoms with Crippen LogP contribution in [0.3, 0.4) is 0 Å². The number of nitrogens with one attached hydrogen (secondary N) is 1. The van der Waals surface area contributed by atoms with Crippen LogP contribution >= 0.6 is 11.8 Å². The molecule has 2 saturated heterocycles. The van der Waals surface area contributed by atoms with E-state index in [1.54, 1.807) is 12.1 Å². The number of nitrogens with zero attached hydrogens (tertiary/aromatic N) is 2. The third-order valence-corrected chi connectivity index (χ3v) is 6.26. The van der Waals surface area contributed by atoms with Crippen molar-refractivity contribution in [2.24, 2.45) is 5.16 Å². The molecule has 0 spiro atoms. The van der Waals surface area contributed by atoms with Crippen molar-refractivity contribution >= 4 is 35.3 Å². The highest BCUT2D eigenvalue weighted by Crippen LogP contribution is 2.42. The van der Waals surface area contributed by atoms with Crippen LogP contribution in [-0.4, -0.2) is 70.5 Å². The van der Waals surface area contributed by atoms with Crippen molar-refractivity contribution in [2.75, 3.05) is 19.5 Å². The average molecular weight is 421 g/mol. The molecule has 3 aliphatic rings. The Bertz CT molecular complexity index is 889. The molecule has 11 heteroatoms. The van der Waals surface area contributed by atoms with E-state index in [0.717, 1.165) is 12.8 Å². The van der Waals surface area contributed by atoms with Gasteiger partial charge in [0, 0.05) is 12.4 Å². The summed E-state index contributed by atoms with van der Waals surface area (Å²) in [5.74, 6) is -1.69. The molecular weight excluding hydrogens is 402 g/mol. The van der Waals surface area contributed by atoms with Gasteiger partial charge in [-0.2, -0.15) is 0 Å². The molecule has 0 radical (unpaired) electrons. The summed E-state index contributed by atoms with van der Waals surface area (Å²) in [6, 6.07) is 2.27. The van der Waals surface area contributed by atoms with Crippen molar-refractivity contribution in [2.45, 2.75) is 30.4 Å². The molecule has 3 atom stereocenters. The first-order valence-corrected chi connectivity index (χ1v) is 10.1. The second-order valence-corrected chi connectivity index (χ2v) is 7.75. The van der Waals surface area contributed by atoms with E-state index in [2.05, 4.69) is 10.5 Å². The molecule has 2 N–H and O–H groups in total. The molecule has 2 fully saturated rings. The highest BCUT2D eigenvalue weighted by atomic mass is 32.2. The van der Waals surface area contributed by atoms with E-state index in [1.807, 2.05) is 0 Å². The van der Waals surface area contributed by atoms with Crippen molar-refractivity contribution in [1.82, 2.24) is 10.2 Å². The Kier molecular flexibility index (Phi) is 5.33. The Balaban J connectivity index is 1.53. The van der Waals surface area contributed by atoms with E-state index in [9.17, 15) is 19.5 Å². The van der Waals surface area contributed by atoms with E-state index in [1.165, 1.54) is 30.0 Å². The zero-order valence-electron chi connectivity index (χ0n) is 15.5. The van der Waals surface area contributed by atoms with Gasteiger partial charge in [-0.1, -0.05) is 5.16 Å². The lowest BCUT2D eigenvalue weighted by atomic mass is 9.99. The SMILES string of the molecule is CON=C(C(=O)N[C@@H]1C(=O)N2C(C(=O)O)=C([C@@H]3CCCO3)CS[C@H]12)c1ccco1. The first-order chi connectivity index (χ1) is 14.0. The standard InChI is InChI=1S/C18H19N3O7S/c1-26-20-12(11-5-3-7-28-11)15(22)19-13-16(23)21-14(18(24)25)9(8-29-17(13)21)10-4-2-6-27-10/h3,5,7,10,13,17H,2,4,6,8H2,1H3,(H,19,22)(H,24,25)/t10-,13+,17+/m0/s1. The predicted octanol–water partition coefficient (Wildman–Crippen LogP) is 0.548. The third-order valence-electron chi connectivity index (χ3n) is 4.96. The number of aliphatic carboxylic acids is 1. The summed E-state index contributed by atoms with van der Waals surface area (Å²) < 4.78 is 10.8. The molecule has 29 heavy (non-hydrogen) atoms. The summed E-state index contributed by atoms with van der Waals surface area (Å²) in [6.07, 6.45) is 2.70.